The molecule has 0 atom stereocenters. The van der Waals surface area contributed by atoms with Gasteiger partial charge >= 0.3 is 0 Å². The number of hydrogen-bond donors (Lipinski definition) is 1. The highest BCUT2D eigenvalue weighted by molar-refractivity contribution is 7.92. The lowest BCUT2D eigenvalue weighted by atomic mass is 10.0. The van der Waals surface area contributed by atoms with E-state index >= 15 is 0 Å². The van der Waals surface area contributed by atoms with Crippen LogP contribution < -0.4 is 9.03 Å². The highest BCUT2D eigenvalue weighted by Crippen LogP contribution is 2.32. The summed E-state index contributed by atoms with van der Waals surface area (Å²) in [4.78, 5) is 0. The molecule has 1 N–H and O–H groups in total. The van der Waals surface area contributed by atoms with E-state index in [1.165, 1.54) is 4.31 Å². The summed E-state index contributed by atoms with van der Waals surface area (Å²) in [5, 5.41) is 0. The zero-order chi connectivity index (χ0) is 20.4. The Kier molecular flexibility index (Phi) is 6.00. The lowest BCUT2D eigenvalue weighted by Gasteiger charge is -2.30. The molecule has 152 valence electrons. The van der Waals surface area contributed by atoms with Crippen LogP contribution in [0.1, 0.15) is 36.5 Å². The average Bonchev–Trinajstić information content (AvgIpc) is 2.62. The van der Waals surface area contributed by atoms with Crippen LogP contribution in [0.5, 0.6) is 0 Å². The lowest BCUT2D eigenvalue weighted by Crippen LogP contribution is -2.37. The van der Waals surface area contributed by atoms with Crippen LogP contribution in [0.3, 0.4) is 0 Å². The monoisotopic (exact) mass is 422 g/mol. The molecule has 0 spiro atoms. The summed E-state index contributed by atoms with van der Waals surface area (Å²) in [5.41, 5.74) is 3.75. The summed E-state index contributed by atoms with van der Waals surface area (Å²) in [6.45, 7) is 4.26. The number of aryl methyl sites for hydroxylation is 2. The Morgan fingerprint density at radius 3 is 2.43 bits per heavy atom. The Labute approximate surface area is 167 Å². The highest BCUT2D eigenvalue weighted by Gasteiger charge is 2.27. The molecule has 3 rings (SSSR count). The average molecular weight is 423 g/mol. The van der Waals surface area contributed by atoms with Crippen molar-refractivity contribution in [1.82, 2.24) is 0 Å². The maximum Gasteiger partial charge on any atom is 0.236 e. The van der Waals surface area contributed by atoms with Gasteiger partial charge in [0.15, 0.2) is 0 Å². The normalized spacial score (nSPS) is 14.6. The summed E-state index contributed by atoms with van der Waals surface area (Å²) in [6, 6.07) is 12.5. The first-order valence-corrected chi connectivity index (χ1v) is 12.7. The molecule has 0 amide bonds. The van der Waals surface area contributed by atoms with Crippen LogP contribution in [0.4, 0.5) is 11.4 Å². The highest BCUT2D eigenvalue weighted by atomic mass is 32.2. The fourth-order valence-corrected chi connectivity index (χ4v) is 6.21. The molecule has 0 saturated heterocycles. The first-order chi connectivity index (χ1) is 13.2. The third kappa shape index (κ3) is 4.86. The van der Waals surface area contributed by atoms with Gasteiger partial charge in [0.25, 0.3) is 0 Å². The van der Waals surface area contributed by atoms with E-state index in [4.69, 9.17) is 0 Å². The Hall–Kier alpha value is -2.06. The van der Waals surface area contributed by atoms with Crippen LogP contribution in [0.2, 0.25) is 0 Å². The minimum Gasteiger partial charge on any atom is -0.283 e. The van der Waals surface area contributed by atoms with Gasteiger partial charge in [0, 0.05) is 12.2 Å². The number of sulfonamides is 2. The number of rotatable bonds is 7. The van der Waals surface area contributed by atoms with Crippen LogP contribution in [-0.4, -0.2) is 29.1 Å². The molecule has 6 nitrogen and oxygen atoms in total. The molecule has 2 aromatic carbocycles. The van der Waals surface area contributed by atoms with Crippen molar-refractivity contribution in [1.29, 1.82) is 0 Å². The number of hydrogen-bond acceptors (Lipinski definition) is 4. The van der Waals surface area contributed by atoms with Crippen molar-refractivity contribution < 1.29 is 16.8 Å². The van der Waals surface area contributed by atoms with E-state index in [0.717, 1.165) is 24.0 Å². The van der Waals surface area contributed by atoms with Crippen LogP contribution in [-0.2, 0) is 32.2 Å². The van der Waals surface area contributed by atoms with Gasteiger partial charge in [-0.25, -0.2) is 16.8 Å². The summed E-state index contributed by atoms with van der Waals surface area (Å²) in [5.74, 6) is -0.00125. The standard InChI is InChI=1S/C20H26N2O4S2/c1-3-13-28(25,26)22-12-4-5-18-14-19(10-11-20(18)22)21-27(23,24)15-17-8-6-16(2)7-9-17/h6-11,14,21H,3-5,12-13,15H2,1-2H3. The number of fused-ring (bicyclic) bond motifs is 1. The van der Waals surface area contributed by atoms with E-state index in [9.17, 15) is 16.8 Å². The van der Waals surface area contributed by atoms with Gasteiger partial charge in [-0.2, -0.15) is 0 Å². The predicted octanol–water partition coefficient (Wildman–Crippen LogP) is 3.43. The fourth-order valence-electron chi connectivity index (χ4n) is 3.40. The van der Waals surface area contributed by atoms with Gasteiger partial charge in [-0.05, 0) is 55.5 Å². The van der Waals surface area contributed by atoms with Crippen molar-refractivity contribution in [3.8, 4) is 0 Å². The SMILES string of the molecule is CCCS(=O)(=O)N1CCCc2cc(NS(=O)(=O)Cc3ccc(C)cc3)ccc21. The van der Waals surface area contributed by atoms with Gasteiger partial charge in [-0.3, -0.25) is 9.03 Å². The first-order valence-electron chi connectivity index (χ1n) is 9.39. The maximum absolute atomic E-state index is 12.5. The second-order valence-corrected chi connectivity index (χ2v) is 10.9. The molecule has 1 aliphatic heterocycles. The van der Waals surface area contributed by atoms with Gasteiger partial charge in [-0.15, -0.1) is 0 Å². The molecular weight excluding hydrogens is 396 g/mol. The third-order valence-corrected chi connectivity index (χ3v) is 7.94. The summed E-state index contributed by atoms with van der Waals surface area (Å²) in [7, 11) is -6.90. The minimum absolute atomic E-state index is 0.109. The molecule has 0 aromatic heterocycles. The summed E-state index contributed by atoms with van der Waals surface area (Å²) < 4.78 is 54.1. The Morgan fingerprint density at radius 1 is 1.04 bits per heavy atom. The lowest BCUT2D eigenvalue weighted by molar-refractivity contribution is 0.585. The Balaban J connectivity index is 1.80. The van der Waals surface area contributed by atoms with Gasteiger partial charge < -0.3 is 0 Å². The first kappa shape index (κ1) is 20.7. The van der Waals surface area contributed by atoms with Gasteiger partial charge in [-0.1, -0.05) is 36.8 Å². The molecule has 0 radical (unpaired) electrons. The van der Waals surface area contributed by atoms with Crippen molar-refractivity contribution in [2.24, 2.45) is 0 Å². The molecule has 1 aliphatic rings. The molecule has 0 bridgehead atoms. The molecule has 28 heavy (non-hydrogen) atoms. The van der Waals surface area contributed by atoms with E-state index < -0.39 is 20.0 Å². The summed E-state index contributed by atoms with van der Waals surface area (Å²) in [6.07, 6.45) is 2.00. The second kappa shape index (κ2) is 8.13. The Bertz CT molecular complexity index is 1050. The molecule has 8 heteroatoms. The molecule has 1 heterocycles. The molecule has 0 aliphatic carbocycles. The van der Waals surface area contributed by atoms with Crippen molar-refractivity contribution >= 4 is 31.4 Å². The van der Waals surface area contributed by atoms with E-state index in [1.807, 2.05) is 26.0 Å². The van der Waals surface area contributed by atoms with Crippen LogP contribution in [0, 0.1) is 6.92 Å². The van der Waals surface area contributed by atoms with Crippen LogP contribution in [0.25, 0.3) is 0 Å². The van der Waals surface area contributed by atoms with Crippen molar-refractivity contribution in [3.63, 3.8) is 0 Å². The van der Waals surface area contributed by atoms with E-state index in [2.05, 4.69) is 4.72 Å². The molecule has 0 unspecified atom stereocenters. The topological polar surface area (TPSA) is 83.6 Å². The molecule has 2 aromatic rings. The van der Waals surface area contributed by atoms with Crippen LogP contribution in [0.15, 0.2) is 42.5 Å². The molecule has 0 saturated carbocycles. The third-order valence-electron chi connectivity index (χ3n) is 4.70. The molecule has 0 fully saturated rings. The largest absolute Gasteiger partial charge is 0.283 e. The number of nitrogens with one attached hydrogen (secondary N) is 1. The van der Waals surface area contributed by atoms with Gasteiger partial charge in [0.05, 0.1) is 17.2 Å². The van der Waals surface area contributed by atoms with E-state index in [1.54, 1.807) is 30.3 Å². The van der Waals surface area contributed by atoms with E-state index in [0.29, 0.717) is 29.9 Å². The Morgan fingerprint density at radius 2 is 1.75 bits per heavy atom. The van der Waals surface area contributed by atoms with Crippen molar-refractivity contribution in [2.45, 2.75) is 38.9 Å². The van der Waals surface area contributed by atoms with Crippen molar-refractivity contribution in [2.75, 3.05) is 21.3 Å². The number of anilines is 2. The predicted molar refractivity (Wildman–Crippen MR) is 114 cm³/mol. The quantitative estimate of drug-likeness (QED) is 0.741. The van der Waals surface area contributed by atoms with Crippen LogP contribution >= 0.6 is 0 Å². The number of benzene rings is 2. The minimum atomic E-state index is -3.56. The smallest absolute Gasteiger partial charge is 0.236 e. The maximum atomic E-state index is 12.5. The second-order valence-electron chi connectivity index (χ2n) is 7.18. The van der Waals surface area contributed by atoms with Gasteiger partial charge in [0.2, 0.25) is 20.0 Å². The molecular formula is C20H26N2O4S2. The fraction of sp³-hybridized carbons (Fsp3) is 0.400. The summed E-state index contributed by atoms with van der Waals surface area (Å²) >= 11 is 0. The number of nitrogens with zero attached hydrogens (tertiary/aromatic N) is 1. The van der Waals surface area contributed by atoms with Crippen molar-refractivity contribution in [3.05, 3.63) is 59.2 Å². The van der Waals surface area contributed by atoms with Gasteiger partial charge in [0.1, 0.15) is 0 Å². The zero-order valence-corrected chi connectivity index (χ0v) is 17.8. The zero-order valence-electron chi connectivity index (χ0n) is 16.2. The van der Waals surface area contributed by atoms with E-state index in [-0.39, 0.29) is 11.5 Å².